The number of carboxylic acids is 1. The minimum absolute atomic E-state index is 0.105. The van der Waals surface area contributed by atoms with E-state index in [2.05, 4.69) is 4.74 Å². The molecule has 108 valence electrons. The number of rotatable bonds is 2. The number of hydrogen-bond acceptors (Lipinski definition) is 3. The van der Waals surface area contributed by atoms with Gasteiger partial charge in [0.1, 0.15) is 11.3 Å². The fourth-order valence-electron chi connectivity index (χ4n) is 1.80. The van der Waals surface area contributed by atoms with Gasteiger partial charge in [-0.2, -0.15) is 0 Å². The highest BCUT2D eigenvalue weighted by atomic mass is 35.5. The van der Waals surface area contributed by atoms with Crippen LogP contribution in [0.1, 0.15) is 11.1 Å². The number of ether oxygens (including phenoxy) is 2. The third kappa shape index (κ3) is 3.05. The maximum atomic E-state index is 12.3. The summed E-state index contributed by atoms with van der Waals surface area (Å²) in [7, 11) is 0. The van der Waals surface area contributed by atoms with Crippen molar-refractivity contribution in [2.45, 2.75) is 19.6 Å². The molecule has 1 unspecified atom stereocenters. The summed E-state index contributed by atoms with van der Waals surface area (Å²) in [5.74, 6) is -1.46. The molecule has 1 aliphatic heterocycles. The molecule has 20 heavy (non-hydrogen) atoms. The number of fused-ring (bicyclic) bond motifs is 1. The van der Waals surface area contributed by atoms with Gasteiger partial charge in [0.2, 0.25) is 6.29 Å². The number of aliphatic carboxylic acids is 1. The molecule has 1 aliphatic rings. The number of aryl methyl sites for hydroxylation is 1. The van der Waals surface area contributed by atoms with Crippen LogP contribution in [-0.4, -0.2) is 23.7 Å². The van der Waals surface area contributed by atoms with Crippen LogP contribution in [0.4, 0.5) is 13.2 Å². The molecule has 4 nitrogen and oxygen atoms in total. The van der Waals surface area contributed by atoms with E-state index in [0.717, 1.165) is 6.08 Å². The first-order chi connectivity index (χ1) is 9.17. The van der Waals surface area contributed by atoms with Gasteiger partial charge in [-0.3, -0.25) is 0 Å². The largest absolute Gasteiger partial charge is 0.525 e. The SMILES string of the molecule is Cc1cc(Cl)cc2c1OC(OC(F)(F)F)C(C(=O)O)=C2. The third-order valence-electron chi connectivity index (χ3n) is 2.55. The molecule has 0 aromatic heterocycles. The summed E-state index contributed by atoms with van der Waals surface area (Å²) in [5.41, 5.74) is 0.106. The van der Waals surface area contributed by atoms with Crippen LogP contribution in [-0.2, 0) is 9.53 Å². The van der Waals surface area contributed by atoms with Gasteiger partial charge in [0.15, 0.2) is 0 Å². The zero-order valence-corrected chi connectivity index (χ0v) is 10.7. The highest BCUT2D eigenvalue weighted by Gasteiger charge is 2.40. The van der Waals surface area contributed by atoms with E-state index in [-0.39, 0.29) is 11.3 Å². The Kier molecular flexibility index (Phi) is 3.66. The Balaban J connectivity index is 2.48. The molecule has 0 radical (unpaired) electrons. The molecule has 0 saturated heterocycles. The lowest BCUT2D eigenvalue weighted by molar-refractivity contribution is -0.360. The van der Waals surface area contributed by atoms with Crippen molar-refractivity contribution in [3.63, 3.8) is 0 Å². The van der Waals surface area contributed by atoms with Crippen LogP contribution in [0.15, 0.2) is 17.7 Å². The molecule has 0 amide bonds. The second kappa shape index (κ2) is 4.99. The number of halogens is 4. The van der Waals surface area contributed by atoms with Gasteiger partial charge < -0.3 is 9.84 Å². The van der Waals surface area contributed by atoms with Crippen molar-refractivity contribution in [1.82, 2.24) is 0 Å². The fraction of sp³-hybridized carbons (Fsp3) is 0.250. The van der Waals surface area contributed by atoms with Crippen molar-refractivity contribution in [2.75, 3.05) is 0 Å². The molecule has 1 N–H and O–H groups in total. The molecule has 0 saturated carbocycles. The molecule has 1 aromatic rings. The summed E-state index contributed by atoms with van der Waals surface area (Å²) < 4.78 is 45.5. The first kappa shape index (κ1) is 14.7. The van der Waals surface area contributed by atoms with Gasteiger partial charge in [-0.15, -0.1) is 13.2 Å². The zero-order valence-electron chi connectivity index (χ0n) is 9.99. The van der Waals surface area contributed by atoms with Crippen molar-refractivity contribution in [3.8, 4) is 5.75 Å². The predicted molar refractivity (Wildman–Crippen MR) is 63.4 cm³/mol. The van der Waals surface area contributed by atoms with Crippen LogP contribution < -0.4 is 4.74 Å². The average molecular weight is 309 g/mol. The van der Waals surface area contributed by atoms with Gasteiger partial charge in [-0.1, -0.05) is 11.6 Å². The summed E-state index contributed by atoms with van der Waals surface area (Å²) in [4.78, 5) is 11.0. The Morgan fingerprint density at radius 2 is 2.10 bits per heavy atom. The summed E-state index contributed by atoms with van der Waals surface area (Å²) in [6, 6.07) is 2.89. The molecular formula is C12H8ClF3O4. The van der Waals surface area contributed by atoms with E-state index in [4.69, 9.17) is 21.4 Å². The number of alkyl halides is 3. The zero-order chi connectivity index (χ0) is 15.1. The first-order valence-electron chi connectivity index (χ1n) is 5.33. The molecule has 8 heteroatoms. The standard InChI is InChI=1S/C12H8ClF3O4/c1-5-2-7(13)3-6-4-8(10(17)18)11(19-9(5)6)20-12(14,15)16/h2-4,11H,1H3,(H,17,18). The lowest BCUT2D eigenvalue weighted by Crippen LogP contribution is -2.35. The maximum Gasteiger partial charge on any atom is 0.525 e. The quantitative estimate of drug-likeness (QED) is 0.910. The molecule has 0 fully saturated rings. The molecular weight excluding hydrogens is 301 g/mol. The molecule has 0 aliphatic carbocycles. The smallest absolute Gasteiger partial charge is 0.478 e. The van der Waals surface area contributed by atoms with E-state index >= 15 is 0 Å². The maximum absolute atomic E-state index is 12.3. The van der Waals surface area contributed by atoms with Gasteiger partial charge >= 0.3 is 12.3 Å². The van der Waals surface area contributed by atoms with E-state index < -0.39 is 24.2 Å². The van der Waals surface area contributed by atoms with Gasteiger partial charge in [0, 0.05) is 10.6 Å². The van der Waals surface area contributed by atoms with Crippen LogP contribution >= 0.6 is 11.6 Å². The number of carbonyl (C=O) groups is 1. The fourth-order valence-corrected chi connectivity index (χ4v) is 2.08. The van der Waals surface area contributed by atoms with Crippen molar-refractivity contribution < 1.29 is 32.5 Å². The first-order valence-corrected chi connectivity index (χ1v) is 5.71. The van der Waals surface area contributed by atoms with Gasteiger partial charge in [0.25, 0.3) is 0 Å². The Bertz CT molecular complexity index is 595. The minimum Gasteiger partial charge on any atom is -0.478 e. The van der Waals surface area contributed by atoms with E-state index in [9.17, 15) is 18.0 Å². The summed E-state index contributed by atoms with van der Waals surface area (Å²) in [6.07, 6.45) is -6.02. The molecule has 1 atom stereocenters. The van der Waals surface area contributed by atoms with Crippen molar-refractivity contribution in [2.24, 2.45) is 0 Å². The van der Waals surface area contributed by atoms with Crippen molar-refractivity contribution in [1.29, 1.82) is 0 Å². The second-order valence-corrected chi connectivity index (χ2v) is 4.50. The lowest BCUT2D eigenvalue weighted by atomic mass is 10.0. The Hall–Kier alpha value is -1.73. The van der Waals surface area contributed by atoms with E-state index in [1.807, 2.05) is 0 Å². The number of hydrogen-bond donors (Lipinski definition) is 1. The van der Waals surface area contributed by atoms with Crippen molar-refractivity contribution >= 4 is 23.6 Å². The number of carboxylic acid groups (broad SMARTS) is 1. The van der Waals surface area contributed by atoms with Gasteiger partial charge in [0.05, 0.1) is 0 Å². The van der Waals surface area contributed by atoms with Crippen molar-refractivity contribution in [3.05, 3.63) is 33.9 Å². The summed E-state index contributed by atoms with van der Waals surface area (Å²) in [6.45, 7) is 1.58. The second-order valence-electron chi connectivity index (χ2n) is 4.06. The highest BCUT2D eigenvalue weighted by Crippen LogP contribution is 2.37. The van der Waals surface area contributed by atoms with E-state index in [0.29, 0.717) is 10.6 Å². The molecule has 0 bridgehead atoms. The van der Waals surface area contributed by atoms with E-state index in [1.54, 1.807) is 6.92 Å². The van der Waals surface area contributed by atoms with Crippen LogP contribution in [0, 0.1) is 6.92 Å². The summed E-state index contributed by atoms with van der Waals surface area (Å²) >= 11 is 5.81. The Morgan fingerprint density at radius 3 is 2.65 bits per heavy atom. The highest BCUT2D eigenvalue weighted by molar-refractivity contribution is 6.30. The average Bonchev–Trinajstić information content (AvgIpc) is 2.26. The molecule has 1 heterocycles. The van der Waals surface area contributed by atoms with E-state index in [1.165, 1.54) is 12.1 Å². The topological polar surface area (TPSA) is 55.8 Å². The van der Waals surface area contributed by atoms with Crippen LogP contribution in [0.25, 0.3) is 6.08 Å². The normalized spacial score (nSPS) is 18.1. The molecule has 0 spiro atoms. The summed E-state index contributed by atoms with van der Waals surface area (Å²) in [5, 5.41) is 9.26. The van der Waals surface area contributed by atoms with Gasteiger partial charge in [-0.25, -0.2) is 9.53 Å². The molecule has 1 aromatic carbocycles. The van der Waals surface area contributed by atoms with Crippen LogP contribution in [0.5, 0.6) is 5.75 Å². The minimum atomic E-state index is -5.02. The van der Waals surface area contributed by atoms with Gasteiger partial charge in [-0.05, 0) is 30.7 Å². The Labute approximate surface area is 116 Å². The lowest BCUT2D eigenvalue weighted by Gasteiger charge is -2.27. The Morgan fingerprint density at radius 1 is 1.45 bits per heavy atom. The predicted octanol–water partition coefficient (Wildman–Crippen LogP) is 3.37. The van der Waals surface area contributed by atoms with Crippen LogP contribution in [0.3, 0.4) is 0 Å². The third-order valence-corrected chi connectivity index (χ3v) is 2.76. The van der Waals surface area contributed by atoms with Crippen LogP contribution in [0.2, 0.25) is 5.02 Å². The molecule has 2 rings (SSSR count). The number of benzene rings is 1. The monoisotopic (exact) mass is 308 g/mol.